The SMILES string of the molecule is COC(=O)C(=Cc1cccc2[nH]c3c(C(=O)OC(C)(C)C)cccc3c12)NC(=O)OCc1ccccc1. The lowest BCUT2D eigenvalue weighted by Gasteiger charge is -2.19. The van der Waals surface area contributed by atoms with Crippen molar-refractivity contribution < 1.29 is 28.6 Å². The molecule has 0 fully saturated rings. The number of benzene rings is 3. The summed E-state index contributed by atoms with van der Waals surface area (Å²) in [7, 11) is 1.23. The number of carbonyl (C=O) groups excluding carboxylic acids is 3. The number of ether oxygens (including phenoxy) is 3. The fraction of sp³-hybridized carbons (Fsp3) is 0.207. The van der Waals surface area contributed by atoms with Crippen LogP contribution in [-0.2, 0) is 25.6 Å². The molecule has 190 valence electrons. The van der Waals surface area contributed by atoms with E-state index in [1.807, 2.05) is 63.2 Å². The summed E-state index contributed by atoms with van der Waals surface area (Å²) in [6.07, 6.45) is 0.726. The fourth-order valence-corrected chi connectivity index (χ4v) is 3.91. The molecule has 0 unspecified atom stereocenters. The molecule has 0 saturated heterocycles. The second kappa shape index (κ2) is 10.6. The monoisotopic (exact) mass is 500 g/mol. The van der Waals surface area contributed by atoms with E-state index in [4.69, 9.17) is 14.2 Å². The lowest BCUT2D eigenvalue weighted by atomic mass is 10.0. The first-order valence-corrected chi connectivity index (χ1v) is 11.7. The van der Waals surface area contributed by atoms with E-state index in [2.05, 4.69) is 10.3 Å². The molecule has 1 heterocycles. The highest BCUT2D eigenvalue weighted by Crippen LogP contribution is 2.32. The number of methoxy groups -OCH3 is 1. The second-order valence-corrected chi connectivity index (χ2v) is 9.36. The number of para-hydroxylation sites is 1. The Balaban J connectivity index is 1.70. The molecule has 0 aliphatic heterocycles. The summed E-state index contributed by atoms with van der Waals surface area (Å²) in [5.41, 5.74) is 2.47. The van der Waals surface area contributed by atoms with Crippen LogP contribution in [-0.4, -0.2) is 35.7 Å². The van der Waals surface area contributed by atoms with Crippen molar-refractivity contribution in [3.63, 3.8) is 0 Å². The van der Waals surface area contributed by atoms with Crippen molar-refractivity contribution in [3.05, 3.63) is 89.1 Å². The Bertz CT molecular complexity index is 1500. The van der Waals surface area contributed by atoms with Gasteiger partial charge in [0.1, 0.15) is 17.9 Å². The molecule has 0 radical (unpaired) electrons. The van der Waals surface area contributed by atoms with Gasteiger partial charge in [-0.25, -0.2) is 14.4 Å². The van der Waals surface area contributed by atoms with Crippen molar-refractivity contribution in [1.29, 1.82) is 0 Å². The summed E-state index contributed by atoms with van der Waals surface area (Å²) in [6.45, 7) is 5.48. The molecule has 0 aliphatic carbocycles. The number of aromatic amines is 1. The van der Waals surface area contributed by atoms with Crippen LogP contribution in [0.4, 0.5) is 4.79 Å². The van der Waals surface area contributed by atoms with Gasteiger partial charge in [0.15, 0.2) is 0 Å². The molecule has 8 heteroatoms. The minimum Gasteiger partial charge on any atom is -0.464 e. The molecule has 2 N–H and O–H groups in total. The molecule has 3 aromatic carbocycles. The van der Waals surface area contributed by atoms with E-state index in [0.29, 0.717) is 16.6 Å². The van der Waals surface area contributed by atoms with Crippen LogP contribution in [0.15, 0.2) is 72.4 Å². The third-order valence-electron chi connectivity index (χ3n) is 5.46. The number of hydrogen-bond donors (Lipinski definition) is 2. The van der Waals surface area contributed by atoms with Crippen LogP contribution in [0.25, 0.3) is 27.9 Å². The summed E-state index contributed by atoms with van der Waals surface area (Å²) >= 11 is 0. The highest BCUT2D eigenvalue weighted by Gasteiger charge is 2.22. The van der Waals surface area contributed by atoms with E-state index >= 15 is 0 Å². The van der Waals surface area contributed by atoms with E-state index in [9.17, 15) is 14.4 Å². The van der Waals surface area contributed by atoms with Crippen LogP contribution < -0.4 is 5.32 Å². The molecule has 1 amide bonds. The molecule has 0 saturated carbocycles. The topological polar surface area (TPSA) is 107 Å². The maximum atomic E-state index is 12.9. The molecule has 1 aromatic heterocycles. The quantitative estimate of drug-likeness (QED) is 0.199. The van der Waals surface area contributed by atoms with Crippen LogP contribution in [0.3, 0.4) is 0 Å². The van der Waals surface area contributed by atoms with E-state index in [-0.39, 0.29) is 12.3 Å². The Morgan fingerprint density at radius 1 is 0.946 bits per heavy atom. The Hall–Kier alpha value is -4.59. The average molecular weight is 501 g/mol. The maximum Gasteiger partial charge on any atom is 0.412 e. The van der Waals surface area contributed by atoms with Gasteiger partial charge in [0.05, 0.1) is 18.2 Å². The number of amides is 1. The van der Waals surface area contributed by atoms with Crippen LogP contribution >= 0.6 is 0 Å². The van der Waals surface area contributed by atoms with Crippen molar-refractivity contribution in [3.8, 4) is 0 Å². The number of rotatable bonds is 6. The lowest BCUT2D eigenvalue weighted by Crippen LogP contribution is -2.28. The second-order valence-electron chi connectivity index (χ2n) is 9.36. The zero-order valence-corrected chi connectivity index (χ0v) is 21.1. The largest absolute Gasteiger partial charge is 0.464 e. The predicted molar refractivity (Wildman–Crippen MR) is 141 cm³/mol. The zero-order valence-electron chi connectivity index (χ0n) is 21.1. The normalized spacial score (nSPS) is 11.8. The summed E-state index contributed by atoms with van der Waals surface area (Å²) in [4.78, 5) is 41.1. The lowest BCUT2D eigenvalue weighted by molar-refractivity contribution is -0.136. The van der Waals surface area contributed by atoms with Gasteiger partial charge in [-0.3, -0.25) is 5.32 Å². The first kappa shape index (κ1) is 25.5. The molecule has 4 rings (SSSR count). The summed E-state index contributed by atoms with van der Waals surface area (Å²) in [5, 5.41) is 4.02. The number of carbonyl (C=O) groups is 3. The van der Waals surface area contributed by atoms with Crippen molar-refractivity contribution in [2.45, 2.75) is 33.0 Å². The number of aromatic nitrogens is 1. The molecule has 4 aromatic rings. The summed E-state index contributed by atoms with van der Waals surface area (Å²) in [5.74, 6) is -1.18. The first-order valence-electron chi connectivity index (χ1n) is 11.7. The number of fused-ring (bicyclic) bond motifs is 3. The highest BCUT2D eigenvalue weighted by molar-refractivity contribution is 6.16. The Morgan fingerprint density at radius 2 is 1.68 bits per heavy atom. The molecular weight excluding hydrogens is 472 g/mol. The van der Waals surface area contributed by atoms with Gasteiger partial charge in [-0.1, -0.05) is 54.6 Å². The maximum absolute atomic E-state index is 12.9. The van der Waals surface area contributed by atoms with Gasteiger partial charge in [0.2, 0.25) is 0 Å². The average Bonchev–Trinajstić information content (AvgIpc) is 3.26. The third kappa shape index (κ3) is 5.98. The number of hydrogen-bond acceptors (Lipinski definition) is 6. The molecule has 0 atom stereocenters. The van der Waals surface area contributed by atoms with E-state index in [1.165, 1.54) is 13.2 Å². The summed E-state index contributed by atoms with van der Waals surface area (Å²) in [6, 6.07) is 20.0. The predicted octanol–water partition coefficient (Wildman–Crippen LogP) is 5.72. The van der Waals surface area contributed by atoms with Crippen LogP contribution in [0, 0.1) is 0 Å². The number of alkyl carbamates (subject to hydrolysis) is 1. The number of esters is 2. The molecule has 37 heavy (non-hydrogen) atoms. The molecule has 0 spiro atoms. The van der Waals surface area contributed by atoms with Crippen LogP contribution in [0.1, 0.15) is 42.3 Å². The van der Waals surface area contributed by atoms with Crippen molar-refractivity contribution in [2.75, 3.05) is 7.11 Å². The standard InChI is InChI=1S/C29H28N2O6/c1-29(2,3)37-26(32)21-14-9-13-20-24-19(12-8-15-22(24)30-25(20)21)16-23(27(33)35-4)31-28(34)36-17-18-10-6-5-7-11-18/h5-16,30H,17H2,1-4H3,(H,31,34). The molecule has 0 bridgehead atoms. The minimum atomic E-state index is -0.793. The van der Waals surface area contributed by atoms with Gasteiger partial charge in [-0.05, 0) is 50.1 Å². The Kier molecular flexibility index (Phi) is 7.29. The van der Waals surface area contributed by atoms with E-state index < -0.39 is 23.6 Å². The minimum absolute atomic E-state index is 0.0482. The van der Waals surface area contributed by atoms with E-state index in [1.54, 1.807) is 24.3 Å². The van der Waals surface area contributed by atoms with Crippen molar-refractivity contribution in [2.24, 2.45) is 0 Å². The number of H-pyrrole nitrogens is 1. The fourth-order valence-electron chi connectivity index (χ4n) is 3.91. The molecule has 8 nitrogen and oxygen atoms in total. The van der Waals surface area contributed by atoms with E-state index in [0.717, 1.165) is 21.9 Å². The van der Waals surface area contributed by atoms with Crippen LogP contribution in [0.2, 0.25) is 0 Å². The van der Waals surface area contributed by atoms with Gasteiger partial charge in [0.25, 0.3) is 0 Å². The smallest absolute Gasteiger partial charge is 0.412 e. The van der Waals surface area contributed by atoms with Crippen molar-refractivity contribution in [1.82, 2.24) is 10.3 Å². The molecule has 0 aliphatic rings. The van der Waals surface area contributed by atoms with Gasteiger partial charge < -0.3 is 19.2 Å². The Morgan fingerprint density at radius 3 is 2.38 bits per heavy atom. The Labute approximate surface area is 214 Å². The van der Waals surface area contributed by atoms with Crippen LogP contribution in [0.5, 0.6) is 0 Å². The number of nitrogens with one attached hydrogen (secondary N) is 2. The van der Waals surface area contributed by atoms with Gasteiger partial charge in [0, 0.05) is 16.3 Å². The molecular formula is C29H28N2O6. The van der Waals surface area contributed by atoms with Gasteiger partial charge >= 0.3 is 18.0 Å². The summed E-state index contributed by atoms with van der Waals surface area (Å²) < 4.78 is 15.7. The van der Waals surface area contributed by atoms with Gasteiger partial charge in [-0.15, -0.1) is 0 Å². The highest BCUT2D eigenvalue weighted by atomic mass is 16.6. The zero-order chi connectivity index (χ0) is 26.6. The first-order chi connectivity index (χ1) is 17.7. The van der Waals surface area contributed by atoms with Crippen molar-refractivity contribution >= 4 is 45.9 Å². The van der Waals surface area contributed by atoms with Gasteiger partial charge in [-0.2, -0.15) is 0 Å². The third-order valence-corrected chi connectivity index (χ3v) is 5.46.